The number of benzene rings is 3. The molecule has 0 aliphatic heterocycles. The molecule has 0 fully saturated rings. The summed E-state index contributed by atoms with van der Waals surface area (Å²) in [4.78, 5) is 14.7. The van der Waals surface area contributed by atoms with Gasteiger partial charge in [0.15, 0.2) is 0 Å². The zero-order chi connectivity index (χ0) is 24.2. The number of hydrogen-bond acceptors (Lipinski definition) is 5. The van der Waals surface area contributed by atoms with E-state index in [4.69, 9.17) is 13.9 Å². The van der Waals surface area contributed by atoms with Gasteiger partial charge in [0, 0.05) is 54.1 Å². The first-order valence-electron chi connectivity index (χ1n) is 10.9. The van der Waals surface area contributed by atoms with Crippen LogP contribution in [0.2, 0.25) is 0 Å². The Labute approximate surface area is 199 Å². The summed E-state index contributed by atoms with van der Waals surface area (Å²) in [6.07, 6.45) is 3.31. The average Bonchev–Trinajstić information content (AvgIpc) is 3.26. The van der Waals surface area contributed by atoms with Crippen LogP contribution in [0.5, 0.6) is 11.5 Å². The first-order chi connectivity index (χ1) is 16.4. The molecule has 0 spiro atoms. The van der Waals surface area contributed by atoms with Crippen LogP contribution in [0.1, 0.15) is 12.5 Å². The third-order valence-electron chi connectivity index (χ3n) is 5.70. The maximum Gasteiger partial charge on any atom is 0.248 e. The van der Waals surface area contributed by atoms with E-state index in [1.165, 1.54) is 0 Å². The van der Waals surface area contributed by atoms with Crippen molar-refractivity contribution in [2.24, 2.45) is 0 Å². The molecule has 6 heteroatoms. The van der Waals surface area contributed by atoms with E-state index in [0.717, 1.165) is 44.8 Å². The zero-order valence-corrected chi connectivity index (χ0v) is 20.0. The van der Waals surface area contributed by atoms with E-state index in [-0.39, 0.29) is 5.91 Å². The monoisotopic (exact) mass is 456 g/mol. The van der Waals surface area contributed by atoms with E-state index in [0.29, 0.717) is 11.3 Å². The fraction of sp³-hybridized carbons (Fsp3) is 0.179. The maximum atomic E-state index is 12.7. The molecule has 0 saturated heterocycles. The van der Waals surface area contributed by atoms with E-state index in [2.05, 4.69) is 5.32 Å². The lowest BCUT2D eigenvalue weighted by molar-refractivity contribution is -0.111. The van der Waals surface area contributed by atoms with Crippen LogP contribution in [0.15, 0.2) is 77.4 Å². The zero-order valence-electron chi connectivity index (χ0n) is 20.0. The van der Waals surface area contributed by atoms with Crippen LogP contribution in [0, 0.1) is 0 Å². The van der Waals surface area contributed by atoms with Gasteiger partial charge in [-0.3, -0.25) is 4.79 Å². The van der Waals surface area contributed by atoms with Crippen molar-refractivity contribution in [3.63, 3.8) is 0 Å². The van der Waals surface area contributed by atoms with Gasteiger partial charge in [-0.2, -0.15) is 0 Å². The lowest BCUT2D eigenvalue weighted by atomic mass is 9.99. The number of hydrogen-bond donors (Lipinski definition) is 1. The van der Waals surface area contributed by atoms with Crippen LogP contribution in [-0.4, -0.2) is 34.2 Å². The van der Waals surface area contributed by atoms with Gasteiger partial charge in [0.1, 0.15) is 17.1 Å². The molecule has 0 atom stereocenters. The van der Waals surface area contributed by atoms with Gasteiger partial charge in [0.05, 0.1) is 20.5 Å². The first-order valence-corrected chi connectivity index (χ1v) is 10.9. The minimum absolute atomic E-state index is 0.211. The van der Waals surface area contributed by atoms with Crippen molar-refractivity contribution in [2.45, 2.75) is 6.92 Å². The number of furan rings is 1. The van der Waals surface area contributed by atoms with Crippen LogP contribution in [0.4, 0.5) is 11.4 Å². The molecule has 0 radical (unpaired) electrons. The fourth-order valence-electron chi connectivity index (χ4n) is 3.84. The van der Waals surface area contributed by atoms with Gasteiger partial charge in [0.2, 0.25) is 5.91 Å². The van der Waals surface area contributed by atoms with Gasteiger partial charge in [-0.1, -0.05) is 12.1 Å². The molecule has 1 N–H and O–H groups in total. The molecule has 174 valence electrons. The number of methoxy groups -OCH3 is 2. The second-order valence-electron chi connectivity index (χ2n) is 8.19. The first kappa shape index (κ1) is 23.0. The van der Waals surface area contributed by atoms with Crippen LogP contribution in [0.3, 0.4) is 0 Å². The summed E-state index contributed by atoms with van der Waals surface area (Å²) in [5, 5.41) is 3.85. The number of allylic oxidation sites excluding steroid dienone is 1. The highest BCUT2D eigenvalue weighted by molar-refractivity contribution is 6.05. The Kier molecular flexibility index (Phi) is 6.59. The predicted octanol–water partition coefficient (Wildman–Crippen LogP) is 6.23. The second-order valence-corrected chi connectivity index (χ2v) is 8.19. The van der Waals surface area contributed by atoms with Crippen LogP contribution in [0.25, 0.3) is 27.7 Å². The highest BCUT2D eigenvalue weighted by Gasteiger charge is 2.15. The second kappa shape index (κ2) is 9.75. The van der Waals surface area contributed by atoms with Gasteiger partial charge in [-0.05, 0) is 60.5 Å². The Morgan fingerprint density at radius 3 is 2.44 bits per heavy atom. The van der Waals surface area contributed by atoms with E-state index in [1.54, 1.807) is 26.6 Å². The Hall–Kier alpha value is -4.19. The summed E-state index contributed by atoms with van der Waals surface area (Å²) in [6.45, 7) is 1.89. The molecule has 3 aromatic carbocycles. The summed E-state index contributed by atoms with van der Waals surface area (Å²) in [7, 11) is 7.20. The van der Waals surface area contributed by atoms with Crippen LogP contribution < -0.4 is 19.7 Å². The largest absolute Gasteiger partial charge is 0.497 e. The molecule has 34 heavy (non-hydrogen) atoms. The number of nitrogens with one attached hydrogen (secondary N) is 1. The van der Waals surface area contributed by atoms with E-state index in [1.807, 2.05) is 86.6 Å². The minimum atomic E-state index is -0.211. The summed E-state index contributed by atoms with van der Waals surface area (Å²) < 4.78 is 16.8. The number of carbonyl (C=O) groups is 1. The summed E-state index contributed by atoms with van der Waals surface area (Å²) in [5.74, 6) is 1.19. The summed E-state index contributed by atoms with van der Waals surface area (Å²) in [5.41, 5.74) is 6.02. The number of fused-ring (bicyclic) bond motifs is 1. The van der Waals surface area contributed by atoms with E-state index in [9.17, 15) is 4.79 Å². The van der Waals surface area contributed by atoms with Crippen LogP contribution in [-0.2, 0) is 4.79 Å². The molecule has 6 nitrogen and oxygen atoms in total. The summed E-state index contributed by atoms with van der Waals surface area (Å²) in [6, 6.07) is 19.4. The Balaban J connectivity index is 1.66. The minimum Gasteiger partial charge on any atom is -0.497 e. The SMILES string of the molecule is COc1cccc(-c2coc3cc(OC)c(/C(C)=C/C(=O)Nc4ccc(N(C)C)cc4)cc23)c1. The highest BCUT2D eigenvalue weighted by Crippen LogP contribution is 2.38. The quantitative estimate of drug-likeness (QED) is 0.334. The predicted molar refractivity (Wildman–Crippen MR) is 138 cm³/mol. The molecule has 0 aliphatic rings. The Bertz CT molecular complexity index is 1350. The molecule has 1 aromatic heterocycles. The van der Waals surface area contributed by atoms with Gasteiger partial charge in [0.25, 0.3) is 0 Å². The highest BCUT2D eigenvalue weighted by atomic mass is 16.5. The van der Waals surface area contributed by atoms with E-state index < -0.39 is 0 Å². The van der Waals surface area contributed by atoms with Gasteiger partial charge < -0.3 is 24.1 Å². The van der Waals surface area contributed by atoms with Gasteiger partial charge in [-0.25, -0.2) is 0 Å². The molecular weight excluding hydrogens is 428 g/mol. The Morgan fingerprint density at radius 2 is 1.76 bits per heavy atom. The number of rotatable bonds is 7. The maximum absolute atomic E-state index is 12.7. The molecule has 0 bridgehead atoms. The molecule has 0 unspecified atom stereocenters. The van der Waals surface area contributed by atoms with Crippen molar-refractivity contribution in [1.29, 1.82) is 0 Å². The topological polar surface area (TPSA) is 63.9 Å². The standard InChI is InChI=1S/C28H28N2O4/c1-18(13-28(31)29-20-9-11-21(12-10-20)30(2)3)23-15-24-25(17-34-27(24)16-26(23)33-5)19-7-6-8-22(14-19)32-4/h6-17H,1-5H3,(H,29,31)/b18-13+. The number of nitrogens with zero attached hydrogens (tertiary/aromatic N) is 1. The Morgan fingerprint density at radius 1 is 1.00 bits per heavy atom. The number of amides is 1. The summed E-state index contributed by atoms with van der Waals surface area (Å²) >= 11 is 0. The van der Waals surface area contributed by atoms with E-state index >= 15 is 0 Å². The van der Waals surface area contributed by atoms with Crippen molar-refractivity contribution in [1.82, 2.24) is 0 Å². The van der Waals surface area contributed by atoms with Crippen molar-refractivity contribution in [3.05, 3.63) is 78.6 Å². The number of carbonyl (C=O) groups excluding carboxylic acids is 1. The third-order valence-corrected chi connectivity index (χ3v) is 5.70. The van der Waals surface area contributed by atoms with Crippen molar-refractivity contribution in [2.75, 3.05) is 38.5 Å². The van der Waals surface area contributed by atoms with Crippen LogP contribution >= 0.6 is 0 Å². The number of anilines is 2. The fourth-order valence-corrected chi connectivity index (χ4v) is 3.84. The molecule has 0 aliphatic carbocycles. The van der Waals surface area contributed by atoms with Crippen molar-refractivity contribution in [3.8, 4) is 22.6 Å². The molecule has 1 heterocycles. The average molecular weight is 457 g/mol. The normalized spacial score (nSPS) is 11.4. The molecule has 1 amide bonds. The van der Waals surface area contributed by atoms with Crippen molar-refractivity contribution < 1.29 is 18.7 Å². The smallest absolute Gasteiger partial charge is 0.248 e. The van der Waals surface area contributed by atoms with Gasteiger partial charge in [-0.15, -0.1) is 0 Å². The third kappa shape index (κ3) is 4.76. The van der Waals surface area contributed by atoms with Gasteiger partial charge >= 0.3 is 0 Å². The lowest BCUT2D eigenvalue weighted by Crippen LogP contribution is -2.10. The van der Waals surface area contributed by atoms with Crippen molar-refractivity contribution >= 4 is 33.8 Å². The molecular formula is C28H28N2O4. The molecule has 4 rings (SSSR count). The molecule has 4 aromatic rings. The number of ether oxygens (including phenoxy) is 2. The lowest BCUT2D eigenvalue weighted by Gasteiger charge is -2.13. The molecule has 0 saturated carbocycles.